The highest BCUT2D eigenvalue weighted by atomic mass is 16.5. The number of para-hydroxylation sites is 1. The number of carbonyl (C=O) groups excluding carboxylic acids is 1. The second-order valence-electron chi connectivity index (χ2n) is 6.20. The number of hydrogen-bond donors (Lipinski definition) is 1. The lowest BCUT2D eigenvalue weighted by Gasteiger charge is -2.16. The average Bonchev–Trinajstić information content (AvgIpc) is 3.23. The third-order valence-corrected chi connectivity index (χ3v) is 4.42. The molecule has 2 aromatic heterocycles. The minimum atomic E-state index is -0.00522. The van der Waals surface area contributed by atoms with Crippen LogP contribution in [0.4, 0.5) is 0 Å². The molecule has 1 aromatic carbocycles. The smallest absolute Gasteiger partial charge is 0.256 e. The number of likely N-dealkylation sites (tertiary alicyclic amines) is 1. The van der Waals surface area contributed by atoms with E-state index in [9.17, 15) is 4.79 Å². The van der Waals surface area contributed by atoms with Crippen LogP contribution in [0.1, 0.15) is 22.3 Å². The Hall–Kier alpha value is -2.82. The molecule has 0 saturated carbocycles. The van der Waals surface area contributed by atoms with Crippen molar-refractivity contribution in [3.8, 4) is 5.88 Å². The van der Waals surface area contributed by atoms with Crippen molar-refractivity contribution in [3.05, 3.63) is 59.9 Å². The van der Waals surface area contributed by atoms with Gasteiger partial charge in [-0.1, -0.05) is 24.3 Å². The molecule has 1 N–H and O–H groups in total. The maximum atomic E-state index is 12.8. The molecule has 122 valence electrons. The van der Waals surface area contributed by atoms with Crippen LogP contribution in [-0.2, 0) is 0 Å². The molecule has 3 aromatic rings. The fourth-order valence-corrected chi connectivity index (χ4v) is 3.12. The zero-order valence-corrected chi connectivity index (χ0v) is 13.5. The van der Waals surface area contributed by atoms with E-state index in [0.717, 1.165) is 28.5 Å². The van der Waals surface area contributed by atoms with Crippen molar-refractivity contribution in [1.29, 1.82) is 0 Å². The van der Waals surface area contributed by atoms with Crippen LogP contribution in [0.2, 0.25) is 0 Å². The van der Waals surface area contributed by atoms with Gasteiger partial charge in [-0.25, -0.2) is 4.98 Å². The Kier molecular flexibility index (Phi) is 3.69. The average molecular weight is 321 g/mol. The van der Waals surface area contributed by atoms with Gasteiger partial charge in [0.15, 0.2) is 0 Å². The van der Waals surface area contributed by atoms with Gasteiger partial charge in [0.05, 0.1) is 12.1 Å². The quantitative estimate of drug-likeness (QED) is 0.806. The van der Waals surface area contributed by atoms with Crippen LogP contribution < -0.4 is 4.74 Å². The van der Waals surface area contributed by atoms with Gasteiger partial charge in [0.2, 0.25) is 5.88 Å². The van der Waals surface area contributed by atoms with Gasteiger partial charge in [-0.2, -0.15) is 0 Å². The highest BCUT2D eigenvalue weighted by Gasteiger charge is 2.29. The van der Waals surface area contributed by atoms with E-state index in [1.165, 1.54) is 0 Å². The molecule has 1 atom stereocenters. The number of benzene rings is 1. The van der Waals surface area contributed by atoms with E-state index in [2.05, 4.69) is 9.97 Å². The van der Waals surface area contributed by atoms with Crippen LogP contribution in [0, 0.1) is 6.92 Å². The summed E-state index contributed by atoms with van der Waals surface area (Å²) in [5.74, 6) is 0.669. The van der Waals surface area contributed by atoms with Crippen molar-refractivity contribution in [2.75, 3.05) is 13.1 Å². The lowest BCUT2D eigenvalue weighted by atomic mass is 10.1. The van der Waals surface area contributed by atoms with Crippen molar-refractivity contribution in [1.82, 2.24) is 14.9 Å². The first kappa shape index (κ1) is 14.8. The second-order valence-corrected chi connectivity index (χ2v) is 6.20. The van der Waals surface area contributed by atoms with Crippen LogP contribution in [0.25, 0.3) is 10.9 Å². The van der Waals surface area contributed by atoms with Crippen molar-refractivity contribution < 1.29 is 9.53 Å². The standard InChI is InChI=1S/C19H19N3O2/c1-13-6-7-18(21-10-13)24-14-8-9-22(12-14)19(23)16-11-20-17-5-3-2-4-15(16)17/h2-7,10-11,14,20H,8-9,12H2,1H3. The summed E-state index contributed by atoms with van der Waals surface area (Å²) in [5, 5.41) is 0.965. The molecule has 0 bridgehead atoms. The Morgan fingerprint density at radius 1 is 1.29 bits per heavy atom. The topological polar surface area (TPSA) is 58.2 Å². The van der Waals surface area contributed by atoms with Gasteiger partial charge in [0, 0.05) is 42.3 Å². The predicted octanol–water partition coefficient (Wildman–Crippen LogP) is 3.16. The summed E-state index contributed by atoms with van der Waals surface area (Å²) in [5.41, 5.74) is 2.81. The predicted molar refractivity (Wildman–Crippen MR) is 92.2 cm³/mol. The monoisotopic (exact) mass is 321 g/mol. The zero-order chi connectivity index (χ0) is 16.5. The molecule has 3 heterocycles. The zero-order valence-electron chi connectivity index (χ0n) is 13.5. The van der Waals surface area contributed by atoms with Gasteiger partial charge in [-0.05, 0) is 18.6 Å². The molecule has 1 aliphatic heterocycles. The minimum absolute atomic E-state index is 0.00522. The summed E-state index contributed by atoms with van der Waals surface area (Å²) < 4.78 is 5.90. The Balaban J connectivity index is 1.46. The first-order valence-corrected chi connectivity index (χ1v) is 8.15. The summed E-state index contributed by atoms with van der Waals surface area (Å²) in [6, 6.07) is 11.7. The van der Waals surface area contributed by atoms with Gasteiger partial charge in [-0.15, -0.1) is 0 Å². The Labute approximate surface area is 140 Å². The number of carbonyl (C=O) groups is 1. The number of nitrogens with one attached hydrogen (secondary N) is 1. The SMILES string of the molecule is Cc1ccc(OC2CCN(C(=O)c3c[nH]c4ccccc34)C2)nc1. The maximum Gasteiger partial charge on any atom is 0.256 e. The van der Waals surface area contributed by atoms with Gasteiger partial charge in [0.1, 0.15) is 6.10 Å². The summed E-state index contributed by atoms with van der Waals surface area (Å²) in [7, 11) is 0. The maximum absolute atomic E-state index is 12.8. The van der Waals surface area contributed by atoms with E-state index < -0.39 is 0 Å². The Morgan fingerprint density at radius 3 is 3.00 bits per heavy atom. The number of pyridine rings is 1. The van der Waals surface area contributed by atoms with Crippen LogP contribution >= 0.6 is 0 Å². The summed E-state index contributed by atoms with van der Waals surface area (Å²) >= 11 is 0. The summed E-state index contributed by atoms with van der Waals surface area (Å²) in [6.07, 6.45) is 4.40. The Morgan fingerprint density at radius 2 is 2.17 bits per heavy atom. The third kappa shape index (κ3) is 2.73. The van der Waals surface area contributed by atoms with Crippen molar-refractivity contribution in [2.24, 2.45) is 0 Å². The lowest BCUT2D eigenvalue weighted by Crippen LogP contribution is -2.30. The summed E-state index contributed by atoms with van der Waals surface area (Å²) in [6.45, 7) is 3.29. The van der Waals surface area contributed by atoms with Crippen LogP contribution in [0.5, 0.6) is 5.88 Å². The number of aromatic amines is 1. The minimum Gasteiger partial charge on any atom is -0.472 e. The molecule has 4 rings (SSSR count). The Bertz CT molecular complexity index is 870. The number of hydrogen-bond acceptors (Lipinski definition) is 3. The van der Waals surface area contributed by atoms with Crippen LogP contribution in [0.15, 0.2) is 48.8 Å². The molecule has 1 unspecified atom stereocenters. The third-order valence-electron chi connectivity index (χ3n) is 4.42. The van der Waals surface area contributed by atoms with E-state index in [1.54, 1.807) is 12.4 Å². The molecule has 0 spiro atoms. The van der Waals surface area contributed by atoms with Crippen LogP contribution in [0.3, 0.4) is 0 Å². The fourth-order valence-electron chi connectivity index (χ4n) is 3.12. The number of H-pyrrole nitrogens is 1. The number of nitrogens with zero attached hydrogens (tertiary/aromatic N) is 2. The molecular formula is C19H19N3O2. The van der Waals surface area contributed by atoms with E-state index in [-0.39, 0.29) is 12.0 Å². The number of ether oxygens (including phenoxy) is 1. The molecule has 1 fully saturated rings. The molecule has 5 nitrogen and oxygen atoms in total. The normalized spacial score (nSPS) is 17.4. The van der Waals surface area contributed by atoms with Gasteiger partial charge >= 0.3 is 0 Å². The second kappa shape index (κ2) is 6.00. The number of fused-ring (bicyclic) bond motifs is 1. The molecule has 1 saturated heterocycles. The fraction of sp³-hybridized carbons (Fsp3) is 0.263. The van der Waals surface area contributed by atoms with Crippen molar-refractivity contribution in [2.45, 2.75) is 19.4 Å². The van der Waals surface area contributed by atoms with Gasteiger partial charge in [0.25, 0.3) is 5.91 Å². The van der Waals surface area contributed by atoms with Gasteiger partial charge in [-0.3, -0.25) is 4.79 Å². The summed E-state index contributed by atoms with van der Waals surface area (Å²) in [4.78, 5) is 22.1. The molecule has 0 aliphatic carbocycles. The van der Waals surface area contributed by atoms with E-state index in [0.29, 0.717) is 19.0 Å². The molecule has 5 heteroatoms. The largest absolute Gasteiger partial charge is 0.472 e. The molecule has 1 aliphatic rings. The van der Waals surface area contributed by atoms with Gasteiger partial charge < -0.3 is 14.6 Å². The number of amides is 1. The van der Waals surface area contributed by atoms with Crippen molar-refractivity contribution >= 4 is 16.8 Å². The molecular weight excluding hydrogens is 302 g/mol. The molecule has 1 amide bonds. The number of aryl methyl sites for hydroxylation is 1. The van der Waals surface area contributed by atoms with E-state index >= 15 is 0 Å². The molecule has 24 heavy (non-hydrogen) atoms. The highest BCUT2D eigenvalue weighted by Crippen LogP contribution is 2.23. The first-order chi connectivity index (χ1) is 11.7. The lowest BCUT2D eigenvalue weighted by molar-refractivity contribution is 0.0773. The number of rotatable bonds is 3. The van der Waals surface area contributed by atoms with Crippen LogP contribution in [-0.4, -0.2) is 40.0 Å². The number of aromatic nitrogens is 2. The van der Waals surface area contributed by atoms with E-state index in [1.807, 2.05) is 48.2 Å². The highest BCUT2D eigenvalue weighted by molar-refractivity contribution is 6.06. The first-order valence-electron chi connectivity index (χ1n) is 8.15. The molecule has 0 radical (unpaired) electrons. The van der Waals surface area contributed by atoms with Crippen molar-refractivity contribution in [3.63, 3.8) is 0 Å². The van der Waals surface area contributed by atoms with E-state index in [4.69, 9.17) is 4.74 Å².